The standard InChI is InChI=1S/2C6H5I.2C2H4O2/c2*7-6-4-2-1-3-5-6;2*1-2(3)4/h2*1-5H;2*1H3,(H,3,4)/q2*+1;;/p-2. The van der Waals surface area contributed by atoms with Crippen LogP contribution in [0.3, 0.4) is 0 Å². The van der Waals surface area contributed by atoms with Gasteiger partial charge in [0, 0.05) is 11.9 Å². The Morgan fingerprint density at radius 1 is 0.682 bits per heavy atom. The summed E-state index contributed by atoms with van der Waals surface area (Å²) in [5.74, 6) is -2.17. The summed E-state index contributed by atoms with van der Waals surface area (Å²) >= 11 is 4.56. The number of hydrogen-bond donors (Lipinski definition) is 0. The molecule has 0 heterocycles. The maximum Gasteiger partial charge on any atom is 0.623 e. The monoisotopic (exact) mass is 526 g/mol. The van der Waals surface area contributed by atoms with Crippen molar-refractivity contribution in [3.63, 3.8) is 0 Å². The Labute approximate surface area is 157 Å². The molecule has 2 aromatic rings. The van der Waals surface area contributed by atoms with Gasteiger partial charge in [0.05, 0.1) is 0 Å². The van der Waals surface area contributed by atoms with Crippen LogP contribution in [0.5, 0.6) is 0 Å². The molecule has 4 nitrogen and oxygen atoms in total. The van der Waals surface area contributed by atoms with Gasteiger partial charge in [-0.15, -0.1) is 0 Å². The van der Waals surface area contributed by atoms with Gasteiger partial charge >= 0.3 is 45.2 Å². The molecule has 6 heteroatoms. The van der Waals surface area contributed by atoms with Gasteiger partial charge in [0.25, 0.3) is 0 Å². The minimum Gasteiger partial charge on any atom is -0.550 e. The second kappa shape index (κ2) is 16.2. The second-order valence-electron chi connectivity index (χ2n) is 3.57. The van der Waals surface area contributed by atoms with E-state index in [-0.39, 0.29) is 0 Å². The molecule has 2 radical (unpaired) electrons. The summed E-state index contributed by atoms with van der Waals surface area (Å²) in [5, 5.41) is 17.8. The van der Waals surface area contributed by atoms with E-state index in [1.54, 1.807) is 0 Å². The summed E-state index contributed by atoms with van der Waals surface area (Å²) in [6.45, 7) is 1.94. The number of benzene rings is 2. The van der Waals surface area contributed by atoms with E-state index in [1.165, 1.54) is 7.14 Å². The fourth-order valence-corrected chi connectivity index (χ4v) is 1.66. The number of halogens is 2. The fourth-order valence-electron chi connectivity index (χ4n) is 0.829. The van der Waals surface area contributed by atoms with E-state index in [0.29, 0.717) is 0 Å². The van der Waals surface area contributed by atoms with E-state index in [2.05, 4.69) is 69.4 Å². The average Bonchev–Trinajstić information content (AvgIpc) is 2.40. The van der Waals surface area contributed by atoms with Crippen LogP contribution in [0.15, 0.2) is 60.7 Å². The lowest BCUT2D eigenvalue weighted by molar-refractivity contribution is -0.328. The van der Waals surface area contributed by atoms with Crippen LogP contribution in [0, 0.1) is 7.14 Å². The summed E-state index contributed by atoms with van der Waals surface area (Å²) in [5.41, 5.74) is 0. The first-order chi connectivity index (χ1) is 10.3. The highest BCUT2D eigenvalue weighted by atomic mass is 127. The highest BCUT2D eigenvalue weighted by molar-refractivity contribution is 5.60. The molecule has 0 saturated carbocycles. The number of carbonyl (C=O) groups excluding carboxylic acids is 2. The van der Waals surface area contributed by atoms with Crippen LogP contribution in [0.2, 0.25) is 0 Å². The SMILES string of the molecule is CC(=O)[O-].CC(=O)[O-].[I+]c1ccccc1.[I+]c1ccccc1. The van der Waals surface area contributed by atoms with E-state index < -0.39 is 11.9 Å². The topological polar surface area (TPSA) is 80.3 Å². The number of rotatable bonds is 0. The Hall–Kier alpha value is -1.16. The molecule has 0 fully saturated rings. The van der Waals surface area contributed by atoms with E-state index in [0.717, 1.165) is 13.8 Å². The molecule has 0 spiro atoms. The molecular weight excluding hydrogens is 510 g/mol. The quantitative estimate of drug-likeness (QED) is 0.321. The first-order valence-electron chi connectivity index (χ1n) is 6.02. The molecule has 0 amide bonds. The third kappa shape index (κ3) is 27.2. The van der Waals surface area contributed by atoms with Gasteiger partial charge in [-0.2, -0.15) is 0 Å². The van der Waals surface area contributed by atoms with Gasteiger partial charge in [-0.3, -0.25) is 0 Å². The normalized spacial score (nSPS) is 7.82. The maximum absolute atomic E-state index is 8.89. The van der Waals surface area contributed by atoms with E-state index in [9.17, 15) is 0 Å². The molecule has 0 bridgehead atoms. The van der Waals surface area contributed by atoms with Gasteiger partial charge in [-0.25, -0.2) is 0 Å². The zero-order valence-corrected chi connectivity index (χ0v) is 16.5. The molecule has 2 aromatic carbocycles. The zero-order chi connectivity index (χ0) is 17.4. The van der Waals surface area contributed by atoms with Gasteiger partial charge in [0.15, 0.2) is 0 Å². The largest absolute Gasteiger partial charge is 0.623 e. The third-order valence-corrected chi connectivity index (χ3v) is 2.90. The highest BCUT2D eigenvalue weighted by Crippen LogP contribution is 1.81. The van der Waals surface area contributed by atoms with Crippen LogP contribution in [-0.4, -0.2) is 11.9 Å². The molecule has 0 saturated heterocycles. The molecule has 0 N–H and O–H groups in total. The molecule has 22 heavy (non-hydrogen) atoms. The van der Waals surface area contributed by atoms with E-state index >= 15 is 0 Å². The first-order valence-corrected chi connectivity index (χ1v) is 8.17. The number of aliphatic carboxylic acids is 2. The molecular formula is C16H16I2O4. The summed E-state index contributed by atoms with van der Waals surface area (Å²) in [6, 6.07) is 20.4. The van der Waals surface area contributed by atoms with Crippen molar-refractivity contribution in [3.05, 3.63) is 67.8 Å². The van der Waals surface area contributed by atoms with Crippen molar-refractivity contribution in [1.29, 1.82) is 0 Å². The summed E-state index contributed by atoms with van der Waals surface area (Å²) in [6.07, 6.45) is 0. The fraction of sp³-hybridized carbons (Fsp3) is 0.125. The Bertz CT molecular complexity index is 459. The van der Waals surface area contributed by atoms with E-state index in [1.807, 2.05) is 36.4 Å². The first kappa shape index (κ1) is 23.1. The Morgan fingerprint density at radius 2 is 0.864 bits per heavy atom. The molecule has 0 aliphatic carbocycles. The van der Waals surface area contributed by atoms with Crippen LogP contribution in [-0.2, 0) is 9.59 Å². The van der Waals surface area contributed by atoms with Crippen LogP contribution in [0.1, 0.15) is 13.8 Å². The predicted octanol–water partition coefficient (Wildman–Crippen LogP) is -5.67. The summed E-state index contributed by atoms with van der Waals surface area (Å²) < 4.78 is 2.58. The number of carboxylic acids is 2. The highest BCUT2D eigenvalue weighted by Gasteiger charge is 1.94. The molecule has 0 unspecified atom stereocenters. The lowest BCUT2D eigenvalue weighted by atomic mass is 10.4. The minimum atomic E-state index is -1.08. The molecule has 0 aliphatic heterocycles. The molecule has 118 valence electrons. The summed E-state index contributed by atoms with van der Waals surface area (Å²) in [7, 11) is 0. The van der Waals surface area contributed by atoms with Crippen LogP contribution in [0.25, 0.3) is 0 Å². The smallest absolute Gasteiger partial charge is 0.550 e. The van der Waals surface area contributed by atoms with Crippen LogP contribution < -0.4 is 55.4 Å². The minimum absolute atomic E-state index is 0.972. The van der Waals surface area contributed by atoms with Crippen LogP contribution in [0.4, 0.5) is 0 Å². The predicted molar refractivity (Wildman–Crippen MR) is 71.6 cm³/mol. The zero-order valence-electron chi connectivity index (χ0n) is 12.2. The van der Waals surface area contributed by atoms with Crippen molar-refractivity contribution in [2.24, 2.45) is 0 Å². The molecule has 0 aromatic heterocycles. The van der Waals surface area contributed by atoms with Gasteiger partial charge < -0.3 is 19.8 Å². The van der Waals surface area contributed by atoms with Gasteiger partial charge in [-0.1, -0.05) is 36.4 Å². The Balaban J connectivity index is 0. The van der Waals surface area contributed by atoms with E-state index in [4.69, 9.17) is 19.8 Å². The van der Waals surface area contributed by atoms with Crippen molar-refractivity contribution < 1.29 is 65.0 Å². The Morgan fingerprint density at radius 3 is 0.955 bits per heavy atom. The second-order valence-corrected chi connectivity index (χ2v) is 6.07. The van der Waals surface area contributed by atoms with Crippen molar-refractivity contribution in [2.75, 3.05) is 0 Å². The molecule has 2 rings (SSSR count). The lowest BCUT2D eigenvalue weighted by Gasteiger charge is -1.77. The number of carbonyl (C=O) groups is 2. The average molecular weight is 526 g/mol. The van der Waals surface area contributed by atoms with Gasteiger partial charge in [-0.05, 0) is 38.1 Å². The lowest BCUT2D eigenvalue weighted by Crippen LogP contribution is -3.34. The van der Waals surface area contributed by atoms with Gasteiger partial charge in [0.2, 0.25) is 7.14 Å². The van der Waals surface area contributed by atoms with Gasteiger partial charge in [0.1, 0.15) is 0 Å². The maximum atomic E-state index is 8.89. The van der Waals surface area contributed by atoms with Crippen molar-refractivity contribution in [3.8, 4) is 0 Å². The van der Waals surface area contributed by atoms with Crippen LogP contribution >= 0.6 is 0 Å². The molecule has 0 atom stereocenters. The Kier molecular flexibility index (Phi) is 17.0. The van der Waals surface area contributed by atoms with Crippen molar-refractivity contribution in [1.82, 2.24) is 0 Å². The summed E-state index contributed by atoms with van der Waals surface area (Å²) in [4.78, 5) is 17.8. The van der Waals surface area contributed by atoms with Crippen molar-refractivity contribution >= 4 is 11.9 Å². The number of hydrogen-bond acceptors (Lipinski definition) is 4. The third-order valence-electron chi connectivity index (χ3n) is 1.47. The van der Waals surface area contributed by atoms with Crippen molar-refractivity contribution in [2.45, 2.75) is 13.8 Å². The molecule has 0 aliphatic rings. The number of carboxylic acid groups (broad SMARTS) is 2.